The van der Waals surface area contributed by atoms with Gasteiger partial charge in [-0.1, -0.05) is 25.3 Å². The van der Waals surface area contributed by atoms with Crippen molar-refractivity contribution < 1.29 is 14.4 Å². The van der Waals surface area contributed by atoms with Crippen LogP contribution in [0.15, 0.2) is 24.4 Å². The molecule has 0 unspecified atom stereocenters. The van der Waals surface area contributed by atoms with Gasteiger partial charge in [0.1, 0.15) is 16.9 Å². The number of urea groups is 1. The molecule has 25 heavy (non-hydrogen) atoms. The highest BCUT2D eigenvalue weighted by atomic mass is 16.2. The maximum Gasteiger partial charge on any atom is 0.344 e. The van der Waals surface area contributed by atoms with Gasteiger partial charge in [0.15, 0.2) is 0 Å². The molecule has 130 valence electrons. The Hall–Kier alpha value is -2.90. The van der Waals surface area contributed by atoms with Crippen LogP contribution in [0.25, 0.3) is 5.65 Å². The van der Waals surface area contributed by atoms with E-state index in [0.717, 1.165) is 30.0 Å². The fourth-order valence-electron chi connectivity index (χ4n) is 3.63. The van der Waals surface area contributed by atoms with Crippen molar-refractivity contribution in [1.29, 1.82) is 0 Å². The fraction of sp³-hybridized carbons (Fsp3) is 0.412. The number of carbonyl (C=O) groups excluding carboxylic acids is 3. The summed E-state index contributed by atoms with van der Waals surface area (Å²) in [6.45, 7) is 1.90. The number of amides is 4. The first-order valence-electron chi connectivity index (χ1n) is 8.43. The molecule has 2 fully saturated rings. The Morgan fingerprint density at radius 1 is 1.24 bits per heavy atom. The number of aryl methyl sites for hydroxylation is 1. The molecule has 4 rings (SSSR count). The Morgan fingerprint density at radius 3 is 2.72 bits per heavy atom. The van der Waals surface area contributed by atoms with Gasteiger partial charge in [0.2, 0.25) is 0 Å². The predicted octanol–water partition coefficient (Wildman–Crippen LogP) is 1.54. The lowest BCUT2D eigenvalue weighted by Crippen LogP contribution is -2.51. The van der Waals surface area contributed by atoms with Crippen molar-refractivity contribution in [2.45, 2.75) is 44.6 Å². The molecular weight excluding hydrogens is 322 g/mol. The number of nitrogens with zero attached hydrogens (tertiary/aromatic N) is 3. The summed E-state index contributed by atoms with van der Waals surface area (Å²) >= 11 is 0. The molecule has 0 aromatic carbocycles. The smallest absolute Gasteiger partial charge is 0.322 e. The zero-order chi connectivity index (χ0) is 17.6. The highest BCUT2D eigenvalue weighted by Gasteiger charge is 2.52. The summed E-state index contributed by atoms with van der Waals surface area (Å²) in [5, 5.41) is 3.55. The molecule has 1 spiro atoms. The Bertz CT molecular complexity index is 882. The lowest BCUT2D eigenvalue weighted by Gasteiger charge is -2.30. The van der Waals surface area contributed by atoms with Crippen molar-refractivity contribution in [2.75, 3.05) is 0 Å². The van der Waals surface area contributed by atoms with E-state index >= 15 is 0 Å². The van der Waals surface area contributed by atoms with E-state index in [1.165, 1.54) is 0 Å². The summed E-state index contributed by atoms with van der Waals surface area (Å²) < 4.78 is 1.78. The molecule has 2 aromatic heterocycles. The number of pyridine rings is 1. The van der Waals surface area contributed by atoms with Crippen molar-refractivity contribution in [3.05, 3.63) is 35.8 Å². The van der Waals surface area contributed by atoms with Crippen LogP contribution >= 0.6 is 0 Å². The van der Waals surface area contributed by atoms with Crippen molar-refractivity contribution >= 4 is 23.5 Å². The molecule has 0 atom stereocenters. The van der Waals surface area contributed by atoms with Gasteiger partial charge in [-0.15, -0.1) is 0 Å². The number of aromatic nitrogens is 2. The SMILES string of the molecule is Cc1cccc2nc(C(=O)NN3C(=O)NC4(CCCCC4)C3=O)cn12. The lowest BCUT2D eigenvalue weighted by atomic mass is 9.82. The van der Waals surface area contributed by atoms with Crippen LogP contribution in [0, 0.1) is 6.92 Å². The molecule has 8 nitrogen and oxygen atoms in total. The van der Waals surface area contributed by atoms with E-state index in [-0.39, 0.29) is 11.6 Å². The highest BCUT2D eigenvalue weighted by molar-refractivity contribution is 6.09. The number of fused-ring (bicyclic) bond motifs is 1. The molecule has 2 N–H and O–H groups in total. The van der Waals surface area contributed by atoms with Crippen molar-refractivity contribution in [1.82, 2.24) is 25.1 Å². The van der Waals surface area contributed by atoms with Gasteiger partial charge in [0, 0.05) is 11.9 Å². The minimum atomic E-state index is -0.863. The second-order valence-electron chi connectivity index (χ2n) is 6.68. The third-order valence-corrected chi connectivity index (χ3v) is 5.01. The van der Waals surface area contributed by atoms with Crippen LogP contribution < -0.4 is 10.7 Å². The van der Waals surface area contributed by atoms with E-state index < -0.39 is 17.5 Å². The summed E-state index contributed by atoms with van der Waals surface area (Å²) in [6.07, 6.45) is 5.64. The molecule has 1 saturated heterocycles. The molecule has 2 aliphatic rings. The minimum Gasteiger partial charge on any atom is -0.322 e. The topological polar surface area (TPSA) is 95.8 Å². The first-order chi connectivity index (χ1) is 12.0. The van der Waals surface area contributed by atoms with Crippen LogP contribution in [0.1, 0.15) is 48.3 Å². The average molecular weight is 341 g/mol. The van der Waals surface area contributed by atoms with Crippen LogP contribution in [0.4, 0.5) is 4.79 Å². The van der Waals surface area contributed by atoms with Crippen molar-refractivity contribution in [3.8, 4) is 0 Å². The zero-order valence-electron chi connectivity index (χ0n) is 13.9. The van der Waals surface area contributed by atoms with Crippen LogP contribution in [-0.4, -0.2) is 37.8 Å². The number of hydrogen-bond acceptors (Lipinski definition) is 4. The predicted molar refractivity (Wildman–Crippen MR) is 88.6 cm³/mol. The molecule has 1 saturated carbocycles. The van der Waals surface area contributed by atoms with Gasteiger partial charge in [-0.3, -0.25) is 15.0 Å². The van der Waals surface area contributed by atoms with E-state index in [4.69, 9.17) is 0 Å². The summed E-state index contributed by atoms with van der Waals surface area (Å²) in [6, 6.07) is 4.96. The van der Waals surface area contributed by atoms with Crippen LogP contribution in [0.2, 0.25) is 0 Å². The number of rotatable bonds is 2. The maximum absolute atomic E-state index is 12.7. The van der Waals surface area contributed by atoms with Gasteiger partial charge in [-0.05, 0) is 31.9 Å². The molecule has 1 aliphatic heterocycles. The van der Waals surface area contributed by atoms with Gasteiger partial charge < -0.3 is 9.72 Å². The van der Waals surface area contributed by atoms with E-state index in [1.807, 2.05) is 19.1 Å². The maximum atomic E-state index is 12.7. The van der Waals surface area contributed by atoms with Crippen molar-refractivity contribution in [2.24, 2.45) is 0 Å². The summed E-state index contributed by atoms with van der Waals surface area (Å²) in [7, 11) is 0. The van der Waals surface area contributed by atoms with Gasteiger partial charge in [-0.2, -0.15) is 5.01 Å². The first kappa shape index (κ1) is 15.6. The molecule has 2 aromatic rings. The average Bonchev–Trinajstić information content (AvgIpc) is 3.13. The zero-order valence-corrected chi connectivity index (χ0v) is 13.9. The van der Waals surface area contributed by atoms with Crippen LogP contribution in [0.3, 0.4) is 0 Å². The Balaban J connectivity index is 1.56. The first-order valence-corrected chi connectivity index (χ1v) is 8.43. The lowest BCUT2D eigenvalue weighted by molar-refractivity contribution is -0.134. The van der Waals surface area contributed by atoms with E-state index in [9.17, 15) is 14.4 Å². The Labute approximate surface area is 144 Å². The highest BCUT2D eigenvalue weighted by Crippen LogP contribution is 2.33. The third-order valence-electron chi connectivity index (χ3n) is 5.01. The normalized spacial score (nSPS) is 19.5. The van der Waals surface area contributed by atoms with E-state index in [2.05, 4.69) is 15.7 Å². The molecule has 8 heteroatoms. The Morgan fingerprint density at radius 2 is 2.00 bits per heavy atom. The standard InChI is InChI=1S/C17H19N5O3/c1-11-6-5-7-13-18-12(10-21(11)13)14(23)20-22-15(24)17(19-16(22)25)8-3-2-4-9-17/h5-7,10H,2-4,8-9H2,1H3,(H,19,25)(H,20,23). The van der Waals surface area contributed by atoms with Crippen LogP contribution in [-0.2, 0) is 4.79 Å². The Kier molecular flexibility index (Phi) is 3.48. The molecule has 0 bridgehead atoms. The number of hydrogen-bond donors (Lipinski definition) is 2. The quantitative estimate of drug-likeness (QED) is 0.810. The summed E-state index contributed by atoms with van der Waals surface area (Å²) in [5.41, 5.74) is 3.25. The number of carbonyl (C=O) groups is 3. The second kappa shape index (κ2) is 5.58. The summed E-state index contributed by atoms with van der Waals surface area (Å²) in [5.74, 6) is -0.968. The molecule has 1 aliphatic carbocycles. The van der Waals surface area contributed by atoms with E-state index in [0.29, 0.717) is 18.5 Å². The van der Waals surface area contributed by atoms with Gasteiger partial charge >= 0.3 is 6.03 Å². The second-order valence-corrected chi connectivity index (χ2v) is 6.68. The molecular formula is C17H19N5O3. The van der Waals surface area contributed by atoms with Gasteiger partial charge in [0.05, 0.1) is 0 Å². The summed E-state index contributed by atoms with van der Waals surface area (Å²) in [4.78, 5) is 41.6. The number of imide groups is 1. The number of nitrogens with one attached hydrogen (secondary N) is 2. The minimum absolute atomic E-state index is 0.152. The van der Waals surface area contributed by atoms with Crippen LogP contribution in [0.5, 0.6) is 0 Å². The van der Waals surface area contributed by atoms with Crippen molar-refractivity contribution in [3.63, 3.8) is 0 Å². The number of imidazole rings is 1. The third kappa shape index (κ3) is 2.45. The number of hydrazine groups is 1. The van der Waals surface area contributed by atoms with Gasteiger partial charge in [0.25, 0.3) is 11.8 Å². The largest absolute Gasteiger partial charge is 0.344 e. The fourth-order valence-corrected chi connectivity index (χ4v) is 3.63. The van der Waals surface area contributed by atoms with Gasteiger partial charge in [-0.25, -0.2) is 9.78 Å². The molecule has 0 radical (unpaired) electrons. The molecule has 3 heterocycles. The molecule has 4 amide bonds. The monoisotopic (exact) mass is 341 g/mol. The van der Waals surface area contributed by atoms with E-state index in [1.54, 1.807) is 16.7 Å².